The molecule has 32 heavy (non-hydrogen) atoms. The number of carbonyl (C=O) groups is 2. The van der Waals surface area contributed by atoms with Crippen LogP contribution in [0.25, 0.3) is 0 Å². The number of aryl methyl sites for hydroxylation is 2. The Balaban J connectivity index is 1.52. The lowest BCUT2D eigenvalue weighted by Crippen LogP contribution is -2.43. The van der Waals surface area contributed by atoms with Gasteiger partial charge in [0.2, 0.25) is 0 Å². The van der Waals surface area contributed by atoms with Crippen LogP contribution in [0.2, 0.25) is 0 Å². The number of ether oxygens (including phenoxy) is 1. The van der Waals surface area contributed by atoms with Crippen LogP contribution in [0.1, 0.15) is 21.5 Å². The number of benzene rings is 3. The molecule has 9 heteroatoms. The average Bonchev–Trinajstić information content (AvgIpc) is 2.78. The molecular formula is C23H23N3O5S. The third-order valence-electron chi connectivity index (χ3n) is 4.52. The molecule has 0 heterocycles. The van der Waals surface area contributed by atoms with Gasteiger partial charge in [0.25, 0.3) is 21.8 Å². The highest BCUT2D eigenvalue weighted by atomic mass is 32.2. The first-order valence-electron chi connectivity index (χ1n) is 9.72. The number of rotatable bonds is 7. The number of nitrogens with one attached hydrogen (secondary N) is 3. The zero-order valence-corrected chi connectivity index (χ0v) is 18.4. The Morgan fingerprint density at radius 1 is 0.812 bits per heavy atom. The van der Waals surface area contributed by atoms with E-state index < -0.39 is 21.8 Å². The first-order chi connectivity index (χ1) is 15.3. The third kappa shape index (κ3) is 5.86. The van der Waals surface area contributed by atoms with Crippen molar-refractivity contribution in [3.8, 4) is 5.75 Å². The Labute approximate surface area is 186 Å². The molecule has 2 amide bonds. The lowest BCUT2D eigenvalue weighted by atomic mass is 10.1. The van der Waals surface area contributed by atoms with Gasteiger partial charge in [0.1, 0.15) is 5.75 Å². The van der Waals surface area contributed by atoms with Crippen molar-refractivity contribution in [3.63, 3.8) is 0 Å². The average molecular weight is 454 g/mol. The second-order valence-corrected chi connectivity index (χ2v) is 8.69. The van der Waals surface area contributed by atoms with Gasteiger partial charge in [0.05, 0.1) is 4.90 Å². The van der Waals surface area contributed by atoms with Crippen LogP contribution in [0, 0.1) is 13.8 Å². The summed E-state index contributed by atoms with van der Waals surface area (Å²) in [6, 6.07) is 19.4. The zero-order chi connectivity index (χ0) is 23.1. The number of hydrogen-bond acceptors (Lipinski definition) is 5. The van der Waals surface area contributed by atoms with E-state index in [0.717, 1.165) is 11.1 Å². The van der Waals surface area contributed by atoms with Crippen molar-refractivity contribution in [2.45, 2.75) is 18.7 Å². The van der Waals surface area contributed by atoms with Crippen molar-refractivity contribution in [2.24, 2.45) is 0 Å². The van der Waals surface area contributed by atoms with E-state index in [1.165, 1.54) is 36.4 Å². The Kier molecular flexibility index (Phi) is 7.11. The van der Waals surface area contributed by atoms with E-state index >= 15 is 0 Å². The lowest BCUT2D eigenvalue weighted by Gasteiger charge is -2.12. The summed E-state index contributed by atoms with van der Waals surface area (Å²) < 4.78 is 32.7. The maximum absolute atomic E-state index is 12.4. The van der Waals surface area contributed by atoms with Gasteiger partial charge in [-0.15, -0.1) is 0 Å². The van der Waals surface area contributed by atoms with Crippen LogP contribution in [-0.4, -0.2) is 26.8 Å². The first kappa shape index (κ1) is 22.8. The zero-order valence-electron chi connectivity index (χ0n) is 17.6. The fraction of sp³-hybridized carbons (Fsp3) is 0.130. The van der Waals surface area contributed by atoms with Gasteiger partial charge in [0, 0.05) is 11.3 Å². The Hall–Kier alpha value is -3.85. The first-order valence-corrected chi connectivity index (χ1v) is 11.2. The third-order valence-corrected chi connectivity index (χ3v) is 5.92. The molecule has 0 radical (unpaired) electrons. The van der Waals surface area contributed by atoms with Gasteiger partial charge >= 0.3 is 0 Å². The van der Waals surface area contributed by atoms with Crippen molar-refractivity contribution in [1.82, 2.24) is 10.9 Å². The summed E-state index contributed by atoms with van der Waals surface area (Å²) in [6.07, 6.45) is 0. The number of amides is 2. The van der Waals surface area contributed by atoms with Crippen LogP contribution in [-0.2, 0) is 14.8 Å². The predicted octanol–water partition coefficient (Wildman–Crippen LogP) is 2.94. The summed E-state index contributed by atoms with van der Waals surface area (Å²) in [5, 5.41) is 0. The van der Waals surface area contributed by atoms with Crippen LogP contribution >= 0.6 is 0 Å². The molecule has 0 unspecified atom stereocenters. The van der Waals surface area contributed by atoms with Crippen molar-refractivity contribution < 1.29 is 22.7 Å². The van der Waals surface area contributed by atoms with E-state index in [-0.39, 0.29) is 17.1 Å². The molecule has 0 bridgehead atoms. The van der Waals surface area contributed by atoms with Gasteiger partial charge in [-0.05, 0) is 61.4 Å². The molecule has 3 N–H and O–H groups in total. The molecule has 3 aromatic carbocycles. The molecule has 0 aliphatic rings. The Morgan fingerprint density at radius 2 is 1.44 bits per heavy atom. The SMILES string of the molecule is Cc1cccc(C)c1OCC(=O)NNC(=O)c1ccc(NS(=O)(=O)c2ccccc2)cc1. The minimum Gasteiger partial charge on any atom is -0.483 e. The van der Waals surface area contributed by atoms with Crippen LogP contribution in [0.15, 0.2) is 77.7 Å². The highest BCUT2D eigenvalue weighted by molar-refractivity contribution is 7.92. The lowest BCUT2D eigenvalue weighted by molar-refractivity contribution is -0.123. The molecule has 0 atom stereocenters. The summed E-state index contributed by atoms with van der Waals surface area (Å²) >= 11 is 0. The smallest absolute Gasteiger partial charge is 0.276 e. The second-order valence-electron chi connectivity index (χ2n) is 7.01. The largest absolute Gasteiger partial charge is 0.483 e. The number of carbonyl (C=O) groups excluding carboxylic acids is 2. The van der Waals surface area contributed by atoms with Crippen molar-refractivity contribution >= 4 is 27.5 Å². The number of sulfonamides is 1. The van der Waals surface area contributed by atoms with Crippen LogP contribution in [0.4, 0.5) is 5.69 Å². The Bertz CT molecular complexity index is 1190. The maximum Gasteiger partial charge on any atom is 0.276 e. The molecule has 0 spiro atoms. The highest BCUT2D eigenvalue weighted by Gasteiger charge is 2.14. The molecule has 3 rings (SSSR count). The fourth-order valence-corrected chi connectivity index (χ4v) is 3.98. The monoisotopic (exact) mass is 453 g/mol. The van der Waals surface area contributed by atoms with Gasteiger partial charge in [-0.1, -0.05) is 36.4 Å². The summed E-state index contributed by atoms with van der Waals surface area (Å²) in [5.74, 6) is -0.446. The molecule has 0 saturated heterocycles. The number of hydrazine groups is 1. The molecule has 0 saturated carbocycles. The van der Waals surface area contributed by atoms with Gasteiger partial charge in [0.15, 0.2) is 6.61 Å². The molecular weight excluding hydrogens is 430 g/mol. The van der Waals surface area contributed by atoms with Crippen LogP contribution < -0.4 is 20.3 Å². The summed E-state index contributed by atoms with van der Waals surface area (Å²) in [6.45, 7) is 3.50. The molecule has 0 fully saturated rings. The van der Waals surface area contributed by atoms with Crippen LogP contribution in [0.5, 0.6) is 5.75 Å². The van der Waals surface area contributed by atoms with Gasteiger partial charge in [-0.25, -0.2) is 8.42 Å². The van der Waals surface area contributed by atoms with E-state index in [4.69, 9.17) is 4.74 Å². The van der Waals surface area contributed by atoms with E-state index in [2.05, 4.69) is 15.6 Å². The van der Waals surface area contributed by atoms with Gasteiger partial charge < -0.3 is 4.74 Å². The summed E-state index contributed by atoms with van der Waals surface area (Å²) in [7, 11) is -3.72. The molecule has 3 aromatic rings. The second kappa shape index (κ2) is 9.97. The van der Waals surface area contributed by atoms with Crippen LogP contribution in [0.3, 0.4) is 0 Å². The van der Waals surface area contributed by atoms with Crippen molar-refractivity contribution in [1.29, 1.82) is 0 Å². The number of hydrogen-bond donors (Lipinski definition) is 3. The molecule has 166 valence electrons. The van der Waals surface area contributed by atoms with Gasteiger partial charge in [-0.3, -0.25) is 25.2 Å². The quantitative estimate of drug-likeness (QED) is 0.476. The minimum atomic E-state index is -3.72. The highest BCUT2D eigenvalue weighted by Crippen LogP contribution is 2.22. The van der Waals surface area contributed by atoms with Crippen molar-refractivity contribution in [2.75, 3.05) is 11.3 Å². The normalized spacial score (nSPS) is 10.8. The van der Waals surface area contributed by atoms with Crippen molar-refractivity contribution in [3.05, 3.63) is 89.5 Å². The van der Waals surface area contributed by atoms with E-state index in [9.17, 15) is 18.0 Å². The molecule has 0 aromatic heterocycles. The molecule has 0 aliphatic carbocycles. The Morgan fingerprint density at radius 3 is 2.06 bits per heavy atom. The predicted molar refractivity (Wildman–Crippen MR) is 121 cm³/mol. The number of anilines is 1. The number of para-hydroxylation sites is 1. The molecule has 0 aliphatic heterocycles. The fourth-order valence-electron chi connectivity index (χ4n) is 2.90. The van der Waals surface area contributed by atoms with E-state index in [1.807, 2.05) is 32.0 Å². The van der Waals surface area contributed by atoms with Gasteiger partial charge in [-0.2, -0.15) is 0 Å². The standard InChI is InChI=1S/C23H23N3O5S/c1-16-7-6-8-17(2)22(16)31-15-21(27)24-25-23(28)18-11-13-19(14-12-18)26-32(29,30)20-9-4-3-5-10-20/h3-14,26H,15H2,1-2H3,(H,24,27)(H,25,28). The summed E-state index contributed by atoms with van der Waals surface area (Å²) in [5.41, 5.74) is 6.95. The van der Waals surface area contributed by atoms with E-state index in [1.54, 1.807) is 18.2 Å². The molecule has 8 nitrogen and oxygen atoms in total. The topological polar surface area (TPSA) is 114 Å². The minimum absolute atomic E-state index is 0.132. The maximum atomic E-state index is 12.4. The van der Waals surface area contributed by atoms with E-state index in [0.29, 0.717) is 11.4 Å². The summed E-state index contributed by atoms with van der Waals surface area (Å²) in [4.78, 5) is 24.4.